The SMILES string of the molecule is CC[C@H](C)[C@@H]1NC(=O)[C@@H]2CCCN2C(=O)[C@H](Cc2cccc(-c3ccc4cccnc4c3)c2)N(C)C(=O)[C@H](Cc2ccccc2)NC(=O)[C@H](C(C)C)N(C)C(=O)[C@@H]([C@@H](C)CC)OC(=O)[C@H](C(C)(C)O)N(C)C(=O)[C@H](CC(C)C)NC(=O)[C@H](C(C)C)N(C)C1=O. The lowest BCUT2D eigenvalue weighted by atomic mass is 9.93. The van der Waals surface area contributed by atoms with Crippen molar-refractivity contribution in [2.24, 2.45) is 29.6 Å². The lowest BCUT2D eigenvalue weighted by molar-refractivity contribution is -0.177. The Kier molecular flexibility index (Phi) is 24.2. The Hall–Kier alpha value is -7.74. The Labute approximate surface area is 526 Å². The van der Waals surface area contributed by atoms with Gasteiger partial charge in [0, 0.05) is 65.1 Å². The summed E-state index contributed by atoms with van der Waals surface area (Å²) >= 11 is 0. The lowest BCUT2D eigenvalue weighted by Crippen LogP contribution is -2.63. The summed E-state index contributed by atoms with van der Waals surface area (Å²) in [6, 6.07) is 16.1. The number of fused-ring (bicyclic) bond motifs is 2. The highest BCUT2D eigenvalue weighted by Crippen LogP contribution is 2.30. The van der Waals surface area contributed by atoms with E-state index >= 15 is 28.8 Å². The molecule has 20 heteroatoms. The van der Waals surface area contributed by atoms with Gasteiger partial charge in [-0.05, 0) is 97.6 Å². The fourth-order valence-corrected chi connectivity index (χ4v) is 12.5. The summed E-state index contributed by atoms with van der Waals surface area (Å²) in [5.74, 6) is -8.87. The predicted octanol–water partition coefficient (Wildman–Crippen LogP) is 6.59. The van der Waals surface area contributed by atoms with Gasteiger partial charge in [-0.1, -0.05) is 148 Å². The third-order valence-corrected chi connectivity index (χ3v) is 17.8. The number of hydrogen-bond acceptors (Lipinski definition) is 12. The number of nitrogens with zero attached hydrogens (tertiary/aromatic N) is 6. The van der Waals surface area contributed by atoms with Crippen LogP contribution in [0, 0.1) is 29.6 Å². The molecular formula is C69H97N9O11. The van der Waals surface area contributed by atoms with Crippen LogP contribution < -0.4 is 16.0 Å². The maximum Gasteiger partial charge on any atom is 0.332 e. The molecule has 0 bridgehead atoms. The van der Waals surface area contributed by atoms with Gasteiger partial charge in [0.05, 0.1) is 11.1 Å². The Morgan fingerprint density at radius 3 is 1.78 bits per heavy atom. The van der Waals surface area contributed by atoms with E-state index in [1.807, 2.05) is 100 Å². The highest BCUT2D eigenvalue weighted by Gasteiger charge is 2.48. The molecule has 6 rings (SSSR count). The number of aliphatic hydroxyl groups is 1. The summed E-state index contributed by atoms with van der Waals surface area (Å²) in [4.78, 5) is 147. The van der Waals surface area contributed by atoms with Crippen molar-refractivity contribution in [2.45, 2.75) is 188 Å². The van der Waals surface area contributed by atoms with Gasteiger partial charge in [0.25, 0.3) is 5.91 Å². The second-order valence-corrected chi connectivity index (χ2v) is 26.3. The number of aromatic nitrogens is 1. The molecule has 4 aromatic rings. The summed E-state index contributed by atoms with van der Waals surface area (Å²) in [7, 11) is 5.69. The molecule has 89 heavy (non-hydrogen) atoms. The molecule has 1 aromatic heterocycles. The first-order valence-electron chi connectivity index (χ1n) is 31.6. The van der Waals surface area contributed by atoms with Crippen molar-refractivity contribution in [3.05, 3.63) is 102 Å². The number of benzene rings is 3. The largest absolute Gasteiger partial charge is 0.450 e. The maximum atomic E-state index is 15.8. The average molecular weight is 1230 g/mol. The van der Waals surface area contributed by atoms with Gasteiger partial charge in [0.1, 0.15) is 42.3 Å². The zero-order valence-electron chi connectivity index (χ0n) is 55.1. The second-order valence-electron chi connectivity index (χ2n) is 26.3. The van der Waals surface area contributed by atoms with E-state index in [2.05, 4.69) is 20.9 Å². The first-order chi connectivity index (χ1) is 41.9. The average Bonchev–Trinajstić information content (AvgIpc) is 2.39. The van der Waals surface area contributed by atoms with E-state index in [4.69, 9.17) is 4.74 Å². The van der Waals surface area contributed by atoms with Crippen molar-refractivity contribution >= 4 is 64.1 Å². The van der Waals surface area contributed by atoms with Crippen molar-refractivity contribution < 1.29 is 53.0 Å². The topological polar surface area (TPSA) is 248 Å². The summed E-state index contributed by atoms with van der Waals surface area (Å²) in [5, 5.41) is 21.6. The standard InChI is InChI=1S/C69H97N9O11/c1-17-43(9)55-66(85)75(14)56(41(5)6)61(80)71-51(35-40(3)4)64(83)77(16)59(69(11,12)88)68(87)89-58(44(10)18-2)67(86)76(15)57(42(7)8)62(81)72-52(37-45-25-20-19-21-26-45)63(82)74(13)54(65(84)78-34-24-30-53(78)60(79)73-55)38-46-27-22-28-48(36-46)49-32-31-47-29-23-33-70-50(47)39-49/h19-23,25-29,31-33,36,39-44,51-59,88H,17-18,24,30,34-35,37-38H2,1-16H3,(H,71,80)(H,72,81)(H,73,79)/t43-,44-,51-,52-,53-,54-,55-,56-,57-,58+,59+/m0/s1. The van der Waals surface area contributed by atoms with E-state index in [0.717, 1.165) is 26.9 Å². The van der Waals surface area contributed by atoms with Crippen LogP contribution in [0.1, 0.15) is 126 Å². The van der Waals surface area contributed by atoms with Crippen molar-refractivity contribution in [3.8, 4) is 11.1 Å². The van der Waals surface area contributed by atoms with Gasteiger partial charge in [-0.15, -0.1) is 0 Å². The Bertz CT molecular complexity index is 3160. The molecule has 3 aromatic carbocycles. The molecule has 0 saturated carbocycles. The smallest absolute Gasteiger partial charge is 0.332 e. The molecule has 0 radical (unpaired) electrons. The number of carbonyl (C=O) groups is 9. The number of ether oxygens (including phenoxy) is 1. The van der Waals surface area contributed by atoms with Crippen LogP contribution in [0.4, 0.5) is 0 Å². The molecule has 2 aliphatic rings. The number of amides is 8. The minimum absolute atomic E-state index is 0.0235. The Morgan fingerprint density at radius 2 is 1.18 bits per heavy atom. The van der Waals surface area contributed by atoms with Crippen LogP contribution in [0.5, 0.6) is 0 Å². The molecule has 2 aliphatic heterocycles. The van der Waals surface area contributed by atoms with E-state index in [0.29, 0.717) is 30.4 Å². The summed E-state index contributed by atoms with van der Waals surface area (Å²) < 4.78 is 6.14. The van der Waals surface area contributed by atoms with Gasteiger partial charge >= 0.3 is 5.97 Å². The van der Waals surface area contributed by atoms with Gasteiger partial charge < -0.3 is 50.3 Å². The van der Waals surface area contributed by atoms with Crippen LogP contribution >= 0.6 is 0 Å². The number of pyridine rings is 1. The molecule has 2 fully saturated rings. The minimum atomic E-state index is -1.99. The summed E-state index contributed by atoms with van der Waals surface area (Å²) in [6.07, 6.45) is 1.61. The molecule has 3 heterocycles. The Morgan fingerprint density at radius 1 is 0.596 bits per heavy atom. The van der Waals surface area contributed by atoms with Crippen molar-refractivity contribution in [3.63, 3.8) is 0 Å². The molecule has 0 unspecified atom stereocenters. The van der Waals surface area contributed by atoms with Crippen LogP contribution in [-0.2, 0) is 60.7 Å². The minimum Gasteiger partial charge on any atom is -0.450 e. The lowest BCUT2D eigenvalue weighted by Gasteiger charge is -2.39. The van der Waals surface area contributed by atoms with Gasteiger partial charge in [-0.2, -0.15) is 0 Å². The van der Waals surface area contributed by atoms with Crippen LogP contribution in [-0.4, -0.2) is 183 Å². The van der Waals surface area contributed by atoms with Crippen LogP contribution in [0.25, 0.3) is 22.0 Å². The number of nitrogens with one attached hydrogen (secondary N) is 3. The first kappa shape index (κ1) is 70.3. The highest BCUT2D eigenvalue weighted by molar-refractivity contribution is 5.99. The number of likely N-dealkylation sites (N-methyl/N-ethyl adjacent to an activating group) is 4. The fourth-order valence-electron chi connectivity index (χ4n) is 12.5. The molecule has 2 saturated heterocycles. The van der Waals surface area contributed by atoms with Crippen molar-refractivity contribution in [1.82, 2.24) is 45.4 Å². The number of cyclic esters (lactones) is 1. The van der Waals surface area contributed by atoms with E-state index < -0.39 is 137 Å². The zero-order chi connectivity index (χ0) is 65.9. The fraction of sp³-hybridized carbons (Fsp3) is 0.565. The molecule has 8 amide bonds. The Balaban J connectivity index is 1.52. The van der Waals surface area contributed by atoms with Crippen LogP contribution in [0.3, 0.4) is 0 Å². The zero-order valence-corrected chi connectivity index (χ0v) is 55.1. The second kappa shape index (κ2) is 30.6. The van der Waals surface area contributed by atoms with Crippen LogP contribution in [0.2, 0.25) is 0 Å². The molecule has 484 valence electrons. The first-order valence-corrected chi connectivity index (χ1v) is 31.6. The van der Waals surface area contributed by atoms with Crippen LogP contribution in [0.15, 0.2) is 91.1 Å². The maximum absolute atomic E-state index is 15.8. The molecule has 0 aliphatic carbocycles. The van der Waals surface area contributed by atoms with Gasteiger partial charge in [0.15, 0.2) is 12.1 Å². The molecular weight excluding hydrogens is 1130 g/mol. The number of esters is 1. The normalized spacial score (nSPS) is 24.9. The van der Waals surface area contributed by atoms with E-state index in [1.54, 1.807) is 59.9 Å². The van der Waals surface area contributed by atoms with Gasteiger partial charge in [-0.25, -0.2) is 4.79 Å². The van der Waals surface area contributed by atoms with E-state index in [-0.39, 0.29) is 38.1 Å². The van der Waals surface area contributed by atoms with Crippen molar-refractivity contribution in [2.75, 3.05) is 34.7 Å². The van der Waals surface area contributed by atoms with Crippen molar-refractivity contribution in [1.29, 1.82) is 0 Å². The van der Waals surface area contributed by atoms with Gasteiger partial charge in [-0.3, -0.25) is 43.3 Å². The number of carbonyl (C=O) groups excluding carboxylic acids is 9. The van der Waals surface area contributed by atoms with E-state index in [9.17, 15) is 19.5 Å². The predicted molar refractivity (Wildman–Crippen MR) is 342 cm³/mol. The number of rotatable bonds is 14. The molecule has 0 spiro atoms. The van der Waals surface area contributed by atoms with Gasteiger partial charge in [0.2, 0.25) is 41.4 Å². The molecule has 4 N–H and O–H groups in total. The molecule has 20 nitrogen and oxygen atoms in total. The summed E-state index contributed by atoms with van der Waals surface area (Å²) in [5.41, 5.74) is 1.87. The third kappa shape index (κ3) is 17.0. The third-order valence-electron chi connectivity index (χ3n) is 17.8. The van der Waals surface area contributed by atoms with E-state index in [1.165, 1.54) is 61.6 Å². The monoisotopic (exact) mass is 1230 g/mol. The highest BCUT2D eigenvalue weighted by atomic mass is 16.6. The molecule has 11 atom stereocenters. The number of hydrogen-bond donors (Lipinski definition) is 4. The quantitative estimate of drug-likeness (QED) is 0.0978. The summed E-state index contributed by atoms with van der Waals surface area (Å²) in [6.45, 7) is 20.6.